The summed E-state index contributed by atoms with van der Waals surface area (Å²) in [6.07, 6.45) is -2.71. The maximum absolute atomic E-state index is 13.4. The molecule has 0 saturated carbocycles. The number of ether oxygens (including phenoxy) is 1. The summed E-state index contributed by atoms with van der Waals surface area (Å²) in [6.45, 7) is 12.6. The lowest BCUT2D eigenvalue weighted by Gasteiger charge is -2.27. The largest absolute Gasteiger partial charge is 0.492 e. The zero-order chi connectivity index (χ0) is 28.1. The van der Waals surface area contributed by atoms with Crippen molar-refractivity contribution in [2.75, 3.05) is 39.3 Å². The Morgan fingerprint density at radius 2 is 1.45 bits per heavy atom. The smallest absolute Gasteiger partial charge is 0.416 e. The highest BCUT2D eigenvalue weighted by Gasteiger charge is 2.31. The van der Waals surface area contributed by atoms with Crippen molar-refractivity contribution in [3.8, 4) is 5.75 Å². The molecule has 2 aromatic carbocycles. The van der Waals surface area contributed by atoms with Gasteiger partial charge in [0.15, 0.2) is 0 Å². The summed E-state index contributed by atoms with van der Waals surface area (Å²) in [6, 6.07) is 10.5. The van der Waals surface area contributed by atoms with Crippen LogP contribution in [0.15, 0.2) is 48.5 Å². The van der Waals surface area contributed by atoms with Crippen LogP contribution in [0.1, 0.15) is 62.0 Å². The highest BCUT2D eigenvalue weighted by Crippen LogP contribution is 2.29. The first-order valence-electron chi connectivity index (χ1n) is 13.3. The van der Waals surface area contributed by atoms with Crippen LogP contribution in [-0.2, 0) is 17.4 Å². The molecule has 0 radical (unpaired) electrons. The Morgan fingerprint density at radius 3 is 1.95 bits per heavy atom. The number of halogens is 3. The number of likely N-dealkylation sites (N-methyl/N-ethyl adjacent to an activating group) is 1. The van der Waals surface area contributed by atoms with Crippen molar-refractivity contribution in [2.24, 2.45) is 0 Å². The molecule has 0 aliphatic carbocycles. The predicted octanol–water partition coefficient (Wildman–Crippen LogP) is 5.42. The van der Waals surface area contributed by atoms with Crippen molar-refractivity contribution in [2.45, 2.75) is 59.2 Å². The molecule has 2 rings (SSSR count). The van der Waals surface area contributed by atoms with Gasteiger partial charge in [0.05, 0.1) is 5.56 Å². The van der Waals surface area contributed by atoms with Gasteiger partial charge in [-0.15, -0.1) is 0 Å². The number of alkyl halides is 3. The highest BCUT2D eigenvalue weighted by atomic mass is 19.4. The number of rotatable bonds is 15. The van der Waals surface area contributed by atoms with Crippen molar-refractivity contribution in [1.29, 1.82) is 0 Å². The minimum Gasteiger partial charge on any atom is -0.492 e. The maximum atomic E-state index is 13.4. The van der Waals surface area contributed by atoms with E-state index in [1.807, 2.05) is 38.1 Å². The molecule has 1 unspecified atom stereocenters. The number of hydrogen-bond acceptors (Lipinski definition) is 4. The lowest BCUT2D eigenvalue weighted by Crippen LogP contribution is -2.50. The third-order valence-corrected chi connectivity index (χ3v) is 6.31. The molecule has 0 spiro atoms. The molecule has 6 nitrogen and oxygen atoms in total. The molecule has 1 N–H and O–H groups in total. The molecule has 0 aromatic heterocycles. The van der Waals surface area contributed by atoms with Gasteiger partial charge in [0.2, 0.25) is 5.91 Å². The van der Waals surface area contributed by atoms with E-state index in [0.717, 1.165) is 68.1 Å². The molecule has 0 heterocycles. The topological polar surface area (TPSA) is 61.9 Å². The van der Waals surface area contributed by atoms with Crippen LogP contribution >= 0.6 is 0 Å². The van der Waals surface area contributed by atoms with E-state index in [-0.39, 0.29) is 17.9 Å². The van der Waals surface area contributed by atoms with Crippen LogP contribution in [0, 0.1) is 0 Å². The van der Waals surface area contributed by atoms with E-state index in [4.69, 9.17) is 4.74 Å². The minimum atomic E-state index is -4.49. The Hall–Kier alpha value is -3.07. The summed E-state index contributed by atoms with van der Waals surface area (Å²) in [5.74, 6) is -0.0916. The van der Waals surface area contributed by atoms with E-state index in [2.05, 4.69) is 24.1 Å². The quantitative estimate of drug-likeness (QED) is 0.331. The van der Waals surface area contributed by atoms with Crippen LogP contribution in [0.2, 0.25) is 0 Å². The van der Waals surface area contributed by atoms with Gasteiger partial charge in [-0.2, -0.15) is 13.2 Å². The summed E-state index contributed by atoms with van der Waals surface area (Å²) in [5, 5.41) is 2.76. The second-order valence-electron chi connectivity index (χ2n) is 9.15. The third kappa shape index (κ3) is 9.67. The van der Waals surface area contributed by atoms with E-state index in [1.54, 1.807) is 4.90 Å². The second-order valence-corrected chi connectivity index (χ2v) is 9.15. The van der Waals surface area contributed by atoms with Crippen molar-refractivity contribution >= 4 is 11.8 Å². The van der Waals surface area contributed by atoms with Crippen LogP contribution in [-0.4, -0.2) is 67.0 Å². The average Bonchev–Trinajstić information content (AvgIpc) is 2.90. The van der Waals surface area contributed by atoms with Gasteiger partial charge >= 0.3 is 6.18 Å². The Bertz CT molecular complexity index is 985. The van der Waals surface area contributed by atoms with E-state index in [0.29, 0.717) is 19.7 Å². The number of carbonyl (C=O) groups excluding carboxylic acids is 2. The molecule has 2 amide bonds. The first kappa shape index (κ1) is 31.1. The van der Waals surface area contributed by atoms with Crippen molar-refractivity contribution in [3.63, 3.8) is 0 Å². The van der Waals surface area contributed by atoms with Gasteiger partial charge in [-0.25, -0.2) is 0 Å². The van der Waals surface area contributed by atoms with Gasteiger partial charge in [-0.1, -0.05) is 39.8 Å². The number of carbonyl (C=O) groups is 2. The molecule has 0 aliphatic heterocycles. The third-order valence-electron chi connectivity index (χ3n) is 6.31. The fourth-order valence-corrected chi connectivity index (χ4v) is 4.13. The van der Waals surface area contributed by atoms with Gasteiger partial charge in [-0.3, -0.25) is 9.59 Å². The molecular formula is C29H40F3N3O3. The average molecular weight is 536 g/mol. The molecule has 0 bridgehead atoms. The lowest BCUT2D eigenvalue weighted by molar-refractivity contribution is -0.137. The van der Waals surface area contributed by atoms with Crippen LogP contribution in [0.25, 0.3) is 0 Å². The first-order valence-corrected chi connectivity index (χ1v) is 13.3. The summed E-state index contributed by atoms with van der Waals surface area (Å²) in [4.78, 5) is 30.4. The second kappa shape index (κ2) is 15.4. The van der Waals surface area contributed by atoms with E-state index in [1.165, 1.54) is 0 Å². The van der Waals surface area contributed by atoms with E-state index >= 15 is 0 Å². The molecule has 38 heavy (non-hydrogen) atoms. The number of amides is 2. The van der Waals surface area contributed by atoms with E-state index in [9.17, 15) is 22.8 Å². The minimum absolute atomic E-state index is 0.0604. The molecule has 210 valence electrons. The SMILES string of the molecule is CCCN(CCC)C(=O)C(Cc1ccc(OCCN(CC)CC)cc1)NC(=O)c1ccc(C(F)(F)F)cc1. The fraction of sp³-hybridized carbons (Fsp3) is 0.517. The summed E-state index contributed by atoms with van der Waals surface area (Å²) in [5.41, 5.74) is 0.0588. The fourth-order valence-electron chi connectivity index (χ4n) is 4.13. The summed E-state index contributed by atoms with van der Waals surface area (Å²) >= 11 is 0. The van der Waals surface area contributed by atoms with Gasteiger partial charge in [0.25, 0.3) is 5.91 Å². The Balaban J connectivity index is 2.17. The molecule has 9 heteroatoms. The Labute approximate surface area is 224 Å². The number of benzene rings is 2. The molecule has 0 aliphatic rings. The number of hydrogen-bond donors (Lipinski definition) is 1. The van der Waals surface area contributed by atoms with Crippen molar-refractivity contribution < 1.29 is 27.5 Å². The molecule has 0 saturated heterocycles. The van der Waals surface area contributed by atoms with Crippen molar-refractivity contribution in [1.82, 2.24) is 15.1 Å². The highest BCUT2D eigenvalue weighted by molar-refractivity contribution is 5.97. The standard InChI is InChI=1S/C29H40F3N3O3/c1-5-17-35(18-6-2)28(37)26(33-27(36)23-11-13-24(14-12-23)29(30,31)32)21-22-9-15-25(16-10-22)38-20-19-34(7-3)8-4/h9-16,26H,5-8,17-21H2,1-4H3,(H,33,36). The summed E-state index contributed by atoms with van der Waals surface area (Å²) in [7, 11) is 0. The van der Waals surface area contributed by atoms with Gasteiger partial charge in [0, 0.05) is 31.6 Å². The Kier molecular flexibility index (Phi) is 12.6. The molecule has 0 fully saturated rings. The first-order chi connectivity index (χ1) is 18.1. The number of nitrogens with one attached hydrogen (secondary N) is 1. The van der Waals surface area contributed by atoms with Gasteiger partial charge < -0.3 is 19.9 Å². The van der Waals surface area contributed by atoms with Gasteiger partial charge in [0.1, 0.15) is 18.4 Å². The zero-order valence-electron chi connectivity index (χ0n) is 22.8. The molecule has 2 aromatic rings. The van der Waals surface area contributed by atoms with Crippen LogP contribution in [0.5, 0.6) is 5.75 Å². The van der Waals surface area contributed by atoms with E-state index < -0.39 is 23.7 Å². The lowest BCUT2D eigenvalue weighted by atomic mass is 10.0. The summed E-state index contributed by atoms with van der Waals surface area (Å²) < 4.78 is 44.6. The Morgan fingerprint density at radius 1 is 0.868 bits per heavy atom. The van der Waals surface area contributed by atoms with Crippen LogP contribution in [0.3, 0.4) is 0 Å². The maximum Gasteiger partial charge on any atom is 0.416 e. The molecule has 1 atom stereocenters. The van der Waals surface area contributed by atoms with Crippen LogP contribution in [0.4, 0.5) is 13.2 Å². The van der Waals surface area contributed by atoms with Gasteiger partial charge in [-0.05, 0) is 67.9 Å². The van der Waals surface area contributed by atoms with Crippen molar-refractivity contribution in [3.05, 3.63) is 65.2 Å². The number of nitrogens with zero attached hydrogens (tertiary/aromatic N) is 2. The normalized spacial score (nSPS) is 12.3. The molecular weight excluding hydrogens is 495 g/mol. The predicted molar refractivity (Wildman–Crippen MR) is 143 cm³/mol. The van der Waals surface area contributed by atoms with Crippen LogP contribution < -0.4 is 10.1 Å². The monoisotopic (exact) mass is 535 g/mol. The zero-order valence-corrected chi connectivity index (χ0v) is 22.8.